The number of ether oxygens (including phenoxy) is 2. The zero-order valence-electron chi connectivity index (χ0n) is 15.2. The average molecular weight is 408 g/mol. The lowest BCUT2D eigenvalue weighted by molar-refractivity contribution is 0.0437. The zero-order chi connectivity index (χ0) is 20.4. The molecule has 0 aliphatic rings. The number of aromatic nitrogens is 1. The molecule has 0 aliphatic carbocycles. The van der Waals surface area contributed by atoms with E-state index in [4.69, 9.17) is 25.3 Å². The molecular weight excluding hydrogens is 393 g/mol. The van der Waals surface area contributed by atoms with Crippen molar-refractivity contribution in [2.24, 2.45) is 0 Å². The van der Waals surface area contributed by atoms with Crippen molar-refractivity contribution < 1.29 is 32.4 Å². The fourth-order valence-electron chi connectivity index (χ4n) is 2.63. The number of rotatable bonds is 5. The van der Waals surface area contributed by atoms with Gasteiger partial charge in [0.15, 0.2) is 0 Å². The lowest BCUT2D eigenvalue weighted by Gasteiger charge is -2.06. The molecular formula is C19H15ClFNO6. The molecule has 7 nitrogen and oxygen atoms in total. The maximum atomic E-state index is 14.2. The van der Waals surface area contributed by atoms with Crippen LogP contribution in [0.2, 0.25) is 5.02 Å². The van der Waals surface area contributed by atoms with Gasteiger partial charge in [0.2, 0.25) is 5.76 Å². The molecule has 1 aromatic carbocycles. The van der Waals surface area contributed by atoms with Gasteiger partial charge in [0.1, 0.15) is 35.2 Å². The van der Waals surface area contributed by atoms with E-state index in [0.717, 1.165) is 0 Å². The Bertz CT molecular complexity index is 1030. The van der Waals surface area contributed by atoms with E-state index >= 15 is 0 Å². The van der Waals surface area contributed by atoms with E-state index in [1.54, 1.807) is 13.0 Å². The molecule has 0 unspecified atom stereocenters. The van der Waals surface area contributed by atoms with Crippen LogP contribution in [0.15, 0.2) is 33.2 Å². The minimum atomic E-state index is -0.804. The van der Waals surface area contributed by atoms with Gasteiger partial charge in [-0.05, 0) is 32.0 Å². The van der Waals surface area contributed by atoms with Gasteiger partial charge in [-0.3, -0.25) is 0 Å². The molecule has 3 aromatic rings. The first-order valence-electron chi connectivity index (χ1n) is 8.08. The molecule has 0 aliphatic heterocycles. The number of hydrogen-bond donors (Lipinski definition) is 0. The van der Waals surface area contributed by atoms with Crippen molar-refractivity contribution in [1.82, 2.24) is 5.16 Å². The minimum Gasteiger partial charge on any atom is -0.463 e. The van der Waals surface area contributed by atoms with Crippen molar-refractivity contribution in [2.75, 3.05) is 7.11 Å². The Morgan fingerprint density at radius 1 is 1.25 bits per heavy atom. The van der Waals surface area contributed by atoms with Crippen molar-refractivity contribution in [3.63, 3.8) is 0 Å². The Hall–Kier alpha value is -3.13. The van der Waals surface area contributed by atoms with E-state index < -0.39 is 17.8 Å². The molecule has 2 heterocycles. The summed E-state index contributed by atoms with van der Waals surface area (Å²) in [5.41, 5.74) is 0.368. The van der Waals surface area contributed by atoms with Crippen LogP contribution >= 0.6 is 11.6 Å². The smallest absolute Gasteiger partial charge is 0.374 e. The van der Waals surface area contributed by atoms with Crippen LogP contribution < -0.4 is 0 Å². The monoisotopic (exact) mass is 407 g/mol. The predicted octanol–water partition coefficient (Wildman–Crippen LogP) is 4.49. The third-order valence-electron chi connectivity index (χ3n) is 3.95. The molecule has 0 fully saturated rings. The lowest BCUT2D eigenvalue weighted by atomic mass is 10.1. The van der Waals surface area contributed by atoms with Gasteiger partial charge in [-0.1, -0.05) is 22.8 Å². The maximum absolute atomic E-state index is 14.2. The van der Waals surface area contributed by atoms with Gasteiger partial charge in [-0.15, -0.1) is 0 Å². The predicted molar refractivity (Wildman–Crippen MR) is 95.5 cm³/mol. The number of furan rings is 1. The van der Waals surface area contributed by atoms with Crippen LogP contribution in [0.3, 0.4) is 0 Å². The number of halogens is 2. The second kappa shape index (κ2) is 7.85. The fraction of sp³-hybridized carbons (Fsp3) is 0.211. The van der Waals surface area contributed by atoms with Crippen molar-refractivity contribution in [1.29, 1.82) is 0 Å². The quantitative estimate of drug-likeness (QED) is 0.575. The van der Waals surface area contributed by atoms with Crippen molar-refractivity contribution in [3.8, 4) is 11.3 Å². The molecule has 3 rings (SSSR count). The first kappa shape index (κ1) is 19.6. The Morgan fingerprint density at radius 2 is 2.00 bits per heavy atom. The number of hydrogen-bond acceptors (Lipinski definition) is 7. The van der Waals surface area contributed by atoms with Gasteiger partial charge < -0.3 is 18.4 Å². The summed E-state index contributed by atoms with van der Waals surface area (Å²) in [7, 11) is 1.23. The summed E-state index contributed by atoms with van der Waals surface area (Å²) < 4.78 is 34.4. The average Bonchev–Trinajstić information content (AvgIpc) is 3.22. The van der Waals surface area contributed by atoms with Crippen molar-refractivity contribution >= 4 is 23.5 Å². The molecule has 9 heteroatoms. The molecule has 0 saturated carbocycles. The standard InChI is InChI=1S/C19H15ClFNO6/c1-9-7-11(27-17(9)19(24)25-3)8-26-18(23)14-10(2)28-22-16(14)15-12(20)5-4-6-13(15)21/h4-7H,8H2,1-3H3. The second-order valence-corrected chi connectivity index (χ2v) is 6.26. The first-order valence-corrected chi connectivity index (χ1v) is 8.46. The third-order valence-corrected chi connectivity index (χ3v) is 4.27. The zero-order valence-corrected chi connectivity index (χ0v) is 15.9. The number of carbonyl (C=O) groups is 2. The Balaban J connectivity index is 1.85. The number of carbonyl (C=O) groups excluding carboxylic acids is 2. The summed E-state index contributed by atoms with van der Waals surface area (Å²) in [5, 5.41) is 3.83. The summed E-state index contributed by atoms with van der Waals surface area (Å²) >= 11 is 6.05. The topological polar surface area (TPSA) is 91.8 Å². The number of aryl methyl sites for hydroxylation is 2. The molecule has 0 amide bonds. The minimum absolute atomic E-state index is 0.0218. The molecule has 0 atom stereocenters. The van der Waals surface area contributed by atoms with Gasteiger partial charge in [0.25, 0.3) is 0 Å². The number of esters is 2. The van der Waals surface area contributed by atoms with Gasteiger partial charge in [-0.2, -0.15) is 0 Å². The van der Waals surface area contributed by atoms with Gasteiger partial charge >= 0.3 is 11.9 Å². The maximum Gasteiger partial charge on any atom is 0.374 e. The highest BCUT2D eigenvalue weighted by Gasteiger charge is 2.27. The SMILES string of the molecule is COC(=O)c1oc(COC(=O)c2c(-c3c(F)cccc3Cl)noc2C)cc1C. The summed E-state index contributed by atoms with van der Waals surface area (Å²) in [6.45, 7) is 2.89. The Labute approximate surface area is 164 Å². The highest BCUT2D eigenvalue weighted by molar-refractivity contribution is 6.33. The molecule has 2 aromatic heterocycles. The normalized spacial score (nSPS) is 10.8. The van der Waals surface area contributed by atoms with E-state index in [0.29, 0.717) is 5.56 Å². The Morgan fingerprint density at radius 3 is 2.68 bits per heavy atom. The van der Waals surface area contributed by atoms with Crippen LogP contribution in [0.4, 0.5) is 4.39 Å². The van der Waals surface area contributed by atoms with Gasteiger partial charge in [0, 0.05) is 5.56 Å². The van der Waals surface area contributed by atoms with Crippen molar-refractivity contribution in [2.45, 2.75) is 20.5 Å². The van der Waals surface area contributed by atoms with E-state index in [9.17, 15) is 14.0 Å². The number of methoxy groups -OCH3 is 1. The highest BCUT2D eigenvalue weighted by Crippen LogP contribution is 2.33. The fourth-order valence-corrected chi connectivity index (χ4v) is 2.88. The van der Waals surface area contributed by atoms with Gasteiger partial charge in [0.05, 0.1) is 17.7 Å². The summed E-state index contributed by atoms with van der Waals surface area (Å²) in [6.07, 6.45) is 0. The first-order chi connectivity index (χ1) is 13.3. The molecule has 146 valence electrons. The molecule has 0 radical (unpaired) electrons. The summed E-state index contributed by atoms with van der Waals surface area (Å²) in [6, 6.07) is 5.65. The summed E-state index contributed by atoms with van der Waals surface area (Å²) in [5.74, 6) is -1.69. The molecule has 28 heavy (non-hydrogen) atoms. The van der Waals surface area contributed by atoms with Crippen LogP contribution in [-0.4, -0.2) is 24.2 Å². The van der Waals surface area contributed by atoms with Crippen LogP contribution in [0.5, 0.6) is 0 Å². The number of benzene rings is 1. The largest absolute Gasteiger partial charge is 0.463 e. The third kappa shape index (κ3) is 3.63. The number of nitrogens with zero attached hydrogens (tertiary/aromatic N) is 1. The van der Waals surface area contributed by atoms with E-state index in [2.05, 4.69) is 9.89 Å². The second-order valence-electron chi connectivity index (χ2n) is 5.85. The van der Waals surface area contributed by atoms with E-state index in [1.807, 2.05) is 0 Å². The van der Waals surface area contributed by atoms with E-state index in [1.165, 1.54) is 32.2 Å². The molecule has 0 spiro atoms. The molecule has 0 N–H and O–H groups in total. The van der Waals surface area contributed by atoms with Gasteiger partial charge in [-0.25, -0.2) is 14.0 Å². The highest BCUT2D eigenvalue weighted by atomic mass is 35.5. The molecule has 0 saturated heterocycles. The van der Waals surface area contributed by atoms with Crippen LogP contribution in [0.25, 0.3) is 11.3 Å². The Kier molecular flexibility index (Phi) is 5.51. The van der Waals surface area contributed by atoms with Crippen LogP contribution in [0.1, 0.15) is 38.0 Å². The van der Waals surface area contributed by atoms with Crippen LogP contribution in [0, 0.1) is 19.7 Å². The van der Waals surface area contributed by atoms with Crippen LogP contribution in [-0.2, 0) is 16.1 Å². The lowest BCUT2D eigenvalue weighted by Crippen LogP contribution is -2.07. The van der Waals surface area contributed by atoms with Crippen molar-refractivity contribution in [3.05, 3.63) is 63.5 Å². The van der Waals surface area contributed by atoms with E-state index in [-0.39, 0.29) is 45.7 Å². The summed E-state index contributed by atoms with van der Waals surface area (Å²) in [4.78, 5) is 24.2. The molecule has 0 bridgehead atoms.